The van der Waals surface area contributed by atoms with Gasteiger partial charge in [0.25, 0.3) is 0 Å². The Labute approximate surface area is 160 Å². The molecule has 2 aliphatic carbocycles. The lowest BCUT2D eigenvalue weighted by molar-refractivity contribution is -0.338. The van der Waals surface area contributed by atoms with E-state index in [1.54, 1.807) is 13.8 Å². The summed E-state index contributed by atoms with van der Waals surface area (Å²) < 4.78 is 16.7. The molecular weight excluding hydrogens is 372 g/mol. The number of cyclic esters (lactones) is 1. The van der Waals surface area contributed by atoms with E-state index in [-0.39, 0.29) is 13.0 Å². The molecule has 0 aromatic rings. The van der Waals surface area contributed by atoms with Gasteiger partial charge in [0.05, 0.1) is 12.0 Å². The zero-order valence-corrected chi connectivity index (χ0v) is 15.8. The molecule has 9 nitrogen and oxygen atoms in total. The molecule has 10 atom stereocenters. The maximum atomic E-state index is 12.4. The molecule has 2 bridgehead atoms. The summed E-state index contributed by atoms with van der Waals surface area (Å²) in [6, 6.07) is 0. The van der Waals surface area contributed by atoms with Crippen molar-refractivity contribution in [2.75, 3.05) is 6.61 Å². The van der Waals surface area contributed by atoms with Crippen molar-refractivity contribution in [2.24, 2.45) is 22.7 Å². The van der Waals surface area contributed by atoms with Crippen LogP contribution in [0.25, 0.3) is 0 Å². The average Bonchev–Trinajstić information content (AvgIpc) is 3.22. The molecule has 2 saturated heterocycles. The van der Waals surface area contributed by atoms with E-state index < -0.39 is 70.4 Å². The maximum absolute atomic E-state index is 12.4. The number of ether oxygens (including phenoxy) is 3. The lowest BCUT2D eigenvalue weighted by atomic mass is 9.48. The Morgan fingerprint density at radius 2 is 1.86 bits per heavy atom. The van der Waals surface area contributed by atoms with Gasteiger partial charge in [-0.25, -0.2) is 9.59 Å². The predicted octanol–water partition coefficient (Wildman–Crippen LogP) is -1.38. The molecule has 5 aliphatic rings. The second-order valence-electron chi connectivity index (χ2n) is 9.32. The van der Waals surface area contributed by atoms with Crippen LogP contribution >= 0.6 is 0 Å². The third-order valence-corrected chi connectivity index (χ3v) is 8.16. The van der Waals surface area contributed by atoms with E-state index in [1.807, 2.05) is 0 Å². The highest BCUT2D eigenvalue weighted by Gasteiger charge is 2.88. The van der Waals surface area contributed by atoms with Crippen LogP contribution in [0.4, 0.5) is 0 Å². The number of esters is 2. The van der Waals surface area contributed by atoms with E-state index >= 15 is 0 Å². The average molecular weight is 396 g/mol. The van der Waals surface area contributed by atoms with Crippen LogP contribution < -0.4 is 0 Å². The Balaban J connectivity index is 1.76. The lowest BCUT2D eigenvalue weighted by Gasteiger charge is -2.61. The minimum Gasteiger partial charge on any atom is -0.460 e. The van der Waals surface area contributed by atoms with Crippen LogP contribution in [0.5, 0.6) is 0 Å². The van der Waals surface area contributed by atoms with Crippen LogP contribution in [0.15, 0.2) is 11.6 Å². The van der Waals surface area contributed by atoms with Crippen molar-refractivity contribution in [1.82, 2.24) is 0 Å². The van der Waals surface area contributed by atoms with Gasteiger partial charge in [-0.1, -0.05) is 13.8 Å². The molecule has 0 unspecified atom stereocenters. The quantitative estimate of drug-likeness (QED) is 0.394. The first-order chi connectivity index (χ1) is 12.9. The molecule has 3 aliphatic heterocycles. The van der Waals surface area contributed by atoms with Crippen LogP contribution in [-0.2, 0) is 23.8 Å². The number of rotatable bonds is 1. The van der Waals surface area contributed by atoms with Crippen molar-refractivity contribution in [3.05, 3.63) is 11.6 Å². The second kappa shape index (κ2) is 4.96. The largest absolute Gasteiger partial charge is 0.460 e. The number of carbonyl (C=O) groups is 2. The molecular formula is C19H24O9. The topological polar surface area (TPSA) is 143 Å². The fourth-order valence-corrected chi connectivity index (χ4v) is 7.15. The van der Waals surface area contributed by atoms with Crippen molar-refractivity contribution in [3.8, 4) is 0 Å². The summed E-state index contributed by atoms with van der Waals surface area (Å²) in [4.78, 5) is 24.3. The molecule has 0 aromatic heterocycles. The van der Waals surface area contributed by atoms with Gasteiger partial charge in [0, 0.05) is 23.3 Å². The van der Waals surface area contributed by atoms with Gasteiger partial charge < -0.3 is 34.6 Å². The van der Waals surface area contributed by atoms with E-state index in [0.29, 0.717) is 5.57 Å². The third kappa shape index (κ3) is 1.61. The monoisotopic (exact) mass is 396 g/mol. The molecule has 9 heteroatoms. The lowest BCUT2D eigenvalue weighted by Crippen LogP contribution is -2.78. The first kappa shape index (κ1) is 18.5. The zero-order valence-electron chi connectivity index (χ0n) is 15.8. The molecule has 0 amide bonds. The van der Waals surface area contributed by atoms with Crippen LogP contribution in [0, 0.1) is 22.7 Å². The molecule has 1 spiro atoms. The maximum Gasteiger partial charge on any atom is 0.338 e. The minimum absolute atomic E-state index is 0.173. The van der Waals surface area contributed by atoms with Crippen LogP contribution in [0.3, 0.4) is 0 Å². The Hall–Kier alpha value is -1.52. The highest BCUT2D eigenvalue weighted by molar-refractivity contribution is 5.86. The van der Waals surface area contributed by atoms with Crippen LogP contribution in [0.1, 0.15) is 27.2 Å². The van der Waals surface area contributed by atoms with Gasteiger partial charge in [0.2, 0.25) is 0 Å². The normalized spacial score (nSPS) is 59.6. The highest BCUT2D eigenvalue weighted by Crippen LogP contribution is 2.75. The van der Waals surface area contributed by atoms with Gasteiger partial charge in [0.1, 0.15) is 23.9 Å². The van der Waals surface area contributed by atoms with E-state index in [1.165, 1.54) is 13.0 Å². The molecule has 3 heterocycles. The summed E-state index contributed by atoms with van der Waals surface area (Å²) in [5.74, 6) is -5.56. The summed E-state index contributed by atoms with van der Waals surface area (Å²) in [6.45, 7) is 4.75. The first-order valence-electron chi connectivity index (χ1n) is 9.48. The van der Waals surface area contributed by atoms with E-state index in [2.05, 4.69) is 0 Å². The number of carbonyl (C=O) groups excluding carboxylic acids is 2. The van der Waals surface area contributed by atoms with Gasteiger partial charge in [-0.3, -0.25) is 0 Å². The number of aliphatic hydroxyl groups is 4. The van der Waals surface area contributed by atoms with Crippen molar-refractivity contribution in [1.29, 1.82) is 0 Å². The zero-order chi connectivity index (χ0) is 20.4. The molecule has 2 saturated carbocycles. The van der Waals surface area contributed by atoms with Gasteiger partial charge in [-0.15, -0.1) is 0 Å². The Morgan fingerprint density at radius 1 is 1.18 bits per heavy atom. The molecule has 0 aromatic carbocycles. The summed E-state index contributed by atoms with van der Waals surface area (Å²) in [5, 5.41) is 44.7. The van der Waals surface area contributed by atoms with E-state index in [9.17, 15) is 30.0 Å². The number of hydrogen-bond acceptors (Lipinski definition) is 9. The SMILES string of the molecule is CC1=CC(=O)O[C@@H]1[C@@]1(C)C[C@H]2OC(=O)[C@H](O)[C@@]3(O)[C@@H](C)[C@@H](O)[C@]4(O)OC[C@]23[C@@H]14. The molecule has 4 fully saturated rings. The molecule has 5 rings (SSSR count). The van der Waals surface area contributed by atoms with Gasteiger partial charge in [-0.05, 0) is 18.9 Å². The number of hydrogen-bond donors (Lipinski definition) is 4. The van der Waals surface area contributed by atoms with Crippen molar-refractivity contribution < 1.29 is 44.2 Å². The predicted molar refractivity (Wildman–Crippen MR) is 89.2 cm³/mol. The third-order valence-electron chi connectivity index (χ3n) is 8.16. The summed E-state index contributed by atoms with van der Waals surface area (Å²) in [7, 11) is 0. The second-order valence-corrected chi connectivity index (χ2v) is 9.32. The molecule has 0 radical (unpaired) electrons. The molecule has 154 valence electrons. The number of aliphatic hydroxyl groups excluding tert-OH is 2. The van der Waals surface area contributed by atoms with Crippen molar-refractivity contribution in [2.45, 2.75) is 63.0 Å². The van der Waals surface area contributed by atoms with E-state index in [4.69, 9.17) is 14.2 Å². The fraction of sp³-hybridized carbons (Fsp3) is 0.789. The Kier molecular flexibility index (Phi) is 3.28. The Bertz CT molecular complexity index is 824. The standard InChI is InChI=1S/C19H24O9/c1-7-4-10(20)28-13(7)16(3)5-9-17-6-26-19(25,15(16)17)11(21)8(2)18(17,24)12(22)14(23)27-9/h4,8-9,11-13,15,21-22,24-25H,5-6H2,1-3H3/t8-,9+,11+,12-,13-,15+,16+,17+,18-,19-/m0/s1. The molecule has 28 heavy (non-hydrogen) atoms. The fourth-order valence-electron chi connectivity index (χ4n) is 7.15. The summed E-state index contributed by atoms with van der Waals surface area (Å²) >= 11 is 0. The summed E-state index contributed by atoms with van der Waals surface area (Å²) in [6.07, 6.45) is -3.56. The first-order valence-corrected chi connectivity index (χ1v) is 9.48. The highest BCUT2D eigenvalue weighted by atomic mass is 16.7. The Morgan fingerprint density at radius 3 is 2.46 bits per heavy atom. The molecule has 4 N–H and O–H groups in total. The van der Waals surface area contributed by atoms with Crippen molar-refractivity contribution >= 4 is 11.9 Å². The van der Waals surface area contributed by atoms with Crippen LogP contribution in [-0.4, -0.2) is 74.8 Å². The van der Waals surface area contributed by atoms with Gasteiger partial charge >= 0.3 is 11.9 Å². The minimum atomic E-state index is -2.07. The van der Waals surface area contributed by atoms with Crippen molar-refractivity contribution in [3.63, 3.8) is 0 Å². The summed E-state index contributed by atoms with van der Waals surface area (Å²) in [5.41, 5.74) is -3.80. The van der Waals surface area contributed by atoms with E-state index in [0.717, 1.165) is 0 Å². The van der Waals surface area contributed by atoms with Gasteiger partial charge in [0.15, 0.2) is 11.9 Å². The van der Waals surface area contributed by atoms with Gasteiger partial charge in [-0.2, -0.15) is 0 Å². The smallest absolute Gasteiger partial charge is 0.338 e. The van der Waals surface area contributed by atoms with Crippen LogP contribution in [0.2, 0.25) is 0 Å².